The van der Waals surface area contributed by atoms with Gasteiger partial charge in [-0.05, 0) is 38.1 Å². The quantitative estimate of drug-likeness (QED) is 0.591. The monoisotopic (exact) mass is 322 g/mol. The van der Waals surface area contributed by atoms with Crippen LogP contribution in [0.3, 0.4) is 0 Å². The van der Waals surface area contributed by atoms with Gasteiger partial charge in [-0.1, -0.05) is 35.9 Å². The van der Waals surface area contributed by atoms with Gasteiger partial charge in [0.05, 0.1) is 5.69 Å². The first-order valence-electron chi connectivity index (χ1n) is 7.76. The fourth-order valence-electron chi connectivity index (χ4n) is 2.45. The average molecular weight is 322 g/mol. The first kappa shape index (κ1) is 15.8. The highest BCUT2D eigenvalue weighted by molar-refractivity contribution is 5.97. The Bertz CT molecular complexity index is 929. The molecule has 0 saturated heterocycles. The number of para-hydroxylation sites is 1. The number of hydrogen-bond donors (Lipinski definition) is 1. The topological polar surface area (TPSA) is 62.6 Å². The predicted molar refractivity (Wildman–Crippen MR) is 94.1 cm³/mol. The first-order valence-corrected chi connectivity index (χ1v) is 7.76. The zero-order valence-corrected chi connectivity index (χ0v) is 13.6. The maximum Gasteiger partial charge on any atom is 0.349 e. The van der Waals surface area contributed by atoms with Gasteiger partial charge in [-0.3, -0.25) is 15.2 Å². The van der Waals surface area contributed by atoms with Gasteiger partial charge >= 0.3 is 5.63 Å². The van der Waals surface area contributed by atoms with Gasteiger partial charge < -0.3 is 4.42 Å². The summed E-state index contributed by atoms with van der Waals surface area (Å²) in [6.45, 7) is 4.48. The van der Waals surface area contributed by atoms with Crippen molar-refractivity contribution in [2.75, 3.05) is 11.6 Å². The number of hydrogen-bond acceptors (Lipinski definition) is 4. The van der Waals surface area contributed by atoms with Crippen LogP contribution in [0.5, 0.6) is 0 Å². The number of rotatable bonds is 4. The molecule has 0 radical (unpaired) electrons. The van der Waals surface area contributed by atoms with Gasteiger partial charge in [0.2, 0.25) is 0 Å². The molecule has 0 aliphatic rings. The fraction of sp³-hybridized carbons (Fsp3) is 0.158. The molecule has 1 amide bonds. The molecular weight excluding hydrogens is 304 g/mol. The molecule has 0 bridgehead atoms. The maximum atomic E-state index is 12.5. The molecule has 24 heavy (non-hydrogen) atoms. The van der Waals surface area contributed by atoms with Crippen molar-refractivity contribution in [2.45, 2.75) is 13.8 Å². The van der Waals surface area contributed by atoms with Crippen LogP contribution < -0.4 is 16.1 Å². The Kier molecular flexibility index (Phi) is 4.33. The zero-order valence-electron chi connectivity index (χ0n) is 13.6. The summed E-state index contributed by atoms with van der Waals surface area (Å²) in [5.41, 5.74) is 4.54. The second-order valence-electron chi connectivity index (χ2n) is 5.51. The predicted octanol–water partition coefficient (Wildman–Crippen LogP) is 3.27. The van der Waals surface area contributed by atoms with Crippen molar-refractivity contribution in [3.05, 3.63) is 76.1 Å². The van der Waals surface area contributed by atoms with Gasteiger partial charge in [0.1, 0.15) is 11.1 Å². The van der Waals surface area contributed by atoms with Crippen molar-refractivity contribution in [3.8, 4) is 0 Å². The number of amides is 1. The zero-order chi connectivity index (χ0) is 17.1. The maximum absolute atomic E-state index is 12.5. The number of anilines is 1. The number of fused-ring (bicyclic) bond motifs is 1. The average Bonchev–Trinajstić information content (AvgIpc) is 2.59. The minimum absolute atomic E-state index is 0.0146. The lowest BCUT2D eigenvalue weighted by Gasteiger charge is -2.23. The van der Waals surface area contributed by atoms with Crippen LogP contribution in [0.1, 0.15) is 22.8 Å². The highest BCUT2D eigenvalue weighted by Gasteiger charge is 2.16. The lowest BCUT2D eigenvalue weighted by Crippen LogP contribution is -2.43. The van der Waals surface area contributed by atoms with Gasteiger partial charge in [0, 0.05) is 11.9 Å². The molecule has 2 aromatic carbocycles. The van der Waals surface area contributed by atoms with Crippen molar-refractivity contribution >= 4 is 22.6 Å². The smallest absolute Gasteiger partial charge is 0.349 e. The van der Waals surface area contributed by atoms with E-state index in [0.29, 0.717) is 17.5 Å². The van der Waals surface area contributed by atoms with Crippen molar-refractivity contribution in [2.24, 2.45) is 0 Å². The second-order valence-corrected chi connectivity index (χ2v) is 5.51. The molecule has 1 heterocycles. The van der Waals surface area contributed by atoms with E-state index in [0.717, 1.165) is 11.3 Å². The highest BCUT2D eigenvalue weighted by atomic mass is 16.4. The van der Waals surface area contributed by atoms with Crippen LogP contribution in [0, 0.1) is 6.92 Å². The fourth-order valence-corrected chi connectivity index (χ4v) is 2.45. The standard InChI is InChI=1S/C19H18N2O3/c1-3-21(15-10-8-13(2)9-11-15)20-18(22)16-12-14-6-4-5-7-17(14)24-19(16)23/h4-12H,3H2,1-2H3,(H,20,22). The van der Waals surface area contributed by atoms with Crippen LogP contribution in [0.4, 0.5) is 5.69 Å². The van der Waals surface area contributed by atoms with Crippen molar-refractivity contribution in [3.63, 3.8) is 0 Å². The second kappa shape index (κ2) is 6.58. The Labute approximate surface area is 139 Å². The number of aryl methyl sites for hydroxylation is 1. The third kappa shape index (κ3) is 3.15. The van der Waals surface area contributed by atoms with Crippen molar-refractivity contribution in [1.29, 1.82) is 0 Å². The SMILES string of the molecule is CCN(NC(=O)c1cc2ccccc2oc1=O)c1ccc(C)cc1. The number of hydrazine groups is 1. The number of carbonyl (C=O) groups is 1. The van der Waals surface area contributed by atoms with E-state index >= 15 is 0 Å². The van der Waals surface area contributed by atoms with Gasteiger partial charge in [-0.15, -0.1) is 0 Å². The third-order valence-electron chi connectivity index (χ3n) is 3.78. The Morgan fingerprint density at radius 3 is 2.54 bits per heavy atom. The molecule has 5 nitrogen and oxygen atoms in total. The summed E-state index contributed by atoms with van der Waals surface area (Å²) in [7, 11) is 0. The van der Waals surface area contributed by atoms with E-state index in [9.17, 15) is 9.59 Å². The van der Waals surface area contributed by atoms with E-state index in [1.807, 2.05) is 44.2 Å². The van der Waals surface area contributed by atoms with Crippen LogP contribution in [0.15, 0.2) is 63.8 Å². The van der Waals surface area contributed by atoms with Gasteiger partial charge in [-0.25, -0.2) is 4.79 Å². The van der Waals surface area contributed by atoms with Gasteiger partial charge in [0.15, 0.2) is 0 Å². The van der Waals surface area contributed by atoms with Gasteiger partial charge in [-0.2, -0.15) is 0 Å². The molecule has 3 aromatic rings. The lowest BCUT2D eigenvalue weighted by molar-refractivity contribution is 0.0946. The third-order valence-corrected chi connectivity index (χ3v) is 3.78. The number of nitrogens with zero attached hydrogens (tertiary/aromatic N) is 1. The summed E-state index contributed by atoms with van der Waals surface area (Å²) in [6, 6.07) is 16.4. The van der Waals surface area contributed by atoms with E-state index in [-0.39, 0.29) is 5.56 Å². The molecule has 0 aliphatic heterocycles. The largest absolute Gasteiger partial charge is 0.422 e. The molecular formula is C19H18N2O3. The Morgan fingerprint density at radius 1 is 1.12 bits per heavy atom. The molecule has 0 saturated carbocycles. The highest BCUT2D eigenvalue weighted by Crippen LogP contribution is 2.15. The van der Waals surface area contributed by atoms with Crippen LogP contribution >= 0.6 is 0 Å². The van der Waals surface area contributed by atoms with Crippen LogP contribution in [0.25, 0.3) is 11.0 Å². The lowest BCUT2D eigenvalue weighted by atomic mass is 10.2. The number of nitrogens with one attached hydrogen (secondary N) is 1. The number of carbonyl (C=O) groups excluding carboxylic acids is 1. The van der Waals surface area contributed by atoms with Crippen molar-refractivity contribution in [1.82, 2.24) is 5.43 Å². The summed E-state index contributed by atoms with van der Waals surface area (Å²) in [5.74, 6) is -0.489. The normalized spacial score (nSPS) is 10.6. The summed E-state index contributed by atoms with van der Waals surface area (Å²) in [6.07, 6.45) is 0. The molecule has 0 aliphatic carbocycles. The summed E-state index contributed by atoms with van der Waals surface area (Å²) < 4.78 is 5.22. The van der Waals surface area contributed by atoms with E-state index in [1.165, 1.54) is 0 Å². The van der Waals surface area contributed by atoms with Gasteiger partial charge in [0.25, 0.3) is 5.91 Å². The first-order chi connectivity index (χ1) is 11.6. The minimum Gasteiger partial charge on any atom is -0.422 e. The molecule has 0 fully saturated rings. The van der Waals surface area contributed by atoms with E-state index in [1.54, 1.807) is 29.3 Å². The van der Waals surface area contributed by atoms with E-state index in [2.05, 4.69) is 5.43 Å². The van der Waals surface area contributed by atoms with Crippen LogP contribution in [0.2, 0.25) is 0 Å². The van der Waals surface area contributed by atoms with E-state index < -0.39 is 11.5 Å². The molecule has 0 spiro atoms. The number of benzene rings is 2. The summed E-state index contributed by atoms with van der Waals surface area (Å²) >= 11 is 0. The molecule has 3 rings (SSSR count). The molecule has 1 N–H and O–H groups in total. The Morgan fingerprint density at radius 2 is 1.83 bits per heavy atom. The molecule has 1 aromatic heterocycles. The summed E-state index contributed by atoms with van der Waals surface area (Å²) in [4.78, 5) is 24.6. The Balaban J connectivity index is 1.89. The Hall–Kier alpha value is -3.08. The molecule has 122 valence electrons. The van der Waals surface area contributed by atoms with Crippen LogP contribution in [-0.2, 0) is 0 Å². The summed E-state index contributed by atoms with van der Waals surface area (Å²) in [5, 5.41) is 2.40. The molecule has 5 heteroatoms. The van der Waals surface area contributed by atoms with E-state index in [4.69, 9.17) is 4.42 Å². The van der Waals surface area contributed by atoms with Crippen molar-refractivity contribution < 1.29 is 9.21 Å². The van der Waals surface area contributed by atoms with Crippen LogP contribution in [-0.4, -0.2) is 12.5 Å². The molecule has 0 atom stereocenters. The minimum atomic E-state index is -0.647. The molecule has 0 unspecified atom stereocenters.